The van der Waals surface area contributed by atoms with Crippen LogP contribution in [0.1, 0.15) is 54.4 Å². The predicted octanol–water partition coefficient (Wildman–Crippen LogP) is 2.34. The molecule has 1 saturated heterocycles. The van der Waals surface area contributed by atoms with Crippen molar-refractivity contribution in [2.75, 3.05) is 13.2 Å². The summed E-state index contributed by atoms with van der Waals surface area (Å²) in [5.41, 5.74) is 1.67. The molecule has 6 nitrogen and oxygen atoms in total. The first-order valence-corrected chi connectivity index (χ1v) is 11.0. The van der Waals surface area contributed by atoms with Crippen LogP contribution in [-0.4, -0.2) is 39.0 Å². The zero-order chi connectivity index (χ0) is 18.6. The van der Waals surface area contributed by atoms with Crippen LogP contribution in [0.4, 0.5) is 0 Å². The third-order valence-corrected chi connectivity index (χ3v) is 7.29. The van der Waals surface area contributed by atoms with Crippen LogP contribution in [0.2, 0.25) is 0 Å². The number of ether oxygens (including phenoxy) is 1. The second-order valence-corrected chi connectivity index (χ2v) is 9.22. The number of hydrogen-bond acceptors (Lipinski definition) is 5. The topological polar surface area (TPSA) is 84.5 Å². The Hall–Kier alpha value is -1.44. The van der Waals surface area contributed by atoms with Gasteiger partial charge in [-0.25, -0.2) is 13.2 Å². The van der Waals surface area contributed by atoms with Gasteiger partial charge in [0.15, 0.2) is 0 Å². The number of benzene rings is 1. The highest BCUT2D eigenvalue weighted by molar-refractivity contribution is 7.90. The molecular weight excluding hydrogens is 352 g/mol. The summed E-state index contributed by atoms with van der Waals surface area (Å²) in [4.78, 5) is 11.9. The Morgan fingerprint density at radius 2 is 1.92 bits per heavy atom. The monoisotopic (exact) mass is 380 g/mol. The van der Waals surface area contributed by atoms with Crippen LogP contribution in [0.3, 0.4) is 0 Å². The largest absolute Gasteiger partial charge is 0.462 e. The smallest absolute Gasteiger partial charge is 0.338 e. The minimum absolute atomic E-state index is 0.152. The maximum atomic E-state index is 12.2. The van der Waals surface area contributed by atoms with E-state index in [0.29, 0.717) is 18.7 Å². The maximum Gasteiger partial charge on any atom is 0.338 e. The summed E-state index contributed by atoms with van der Waals surface area (Å²) in [6, 6.07) is 7.32. The van der Waals surface area contributed by atoms with Crippen molar-refractivity contribution >= 4 is 16.0 Å². The summed E-state index contributed by atoms with van der Waals surface area (Å²) in [6.07, 6.45) is 5.26. The Bertz CT molecular complexity index is 718. The SMILES string of the molecule is Cc1ccc(C(=O)OCCCCNC2NS(=O)(=O)C3CCCCC23)cc1. The van der Waals surface area contributed by atoms with Gasteiger partial charge in [-0.05, 0) is 51.3 Å². The number of carbonyl (C=O) groups excluding carboxylic acids is 1. The number of rotatable bonds is 7. The number of nitrogens with one attached hydrogen (secondary N) is 2. The van der Waals surface area contributed by atoms with Gasteiger partial charge in [0.1, 0.15) is 0 Å². The Kier molecular flexibility index (Phi) is 6.32. The third kappa shape index (κ3) is 4.64. The van der Waals surface area contributed by atoms with Crippen molar-refractivity contribution in [1.82, 2.24) is 10.0 Å². The Morgan fingerprint density at radius 3 is 2.69 bits per heavy atom. The van der Waals surface area contributed by atoms with Gasteiger partial charge in [0.25, 0.3) is 0 Å². The molecular formula is C19H28N2O4S. The molecule has 0 bridgehead atoms. The molecule has 1 heterocycles. The fraction of sp³-hybridized carbons (Fsp3) is 0.632. The van der Waals surface area contributed by atoms with Crippen LogP contribution < -0.4 is 10.0 Å². The lowest BCUT2D eigenvalue weighted by atomic mass is 9.87. The van der Waals surface area contributed by atoms with Crippen LogP contribution in [0.5, 0.6) is 0 Å². The fourth-order valence-corrected chi connectivity index (χ4v) is 5.88. The number of hydrogen-bond donors (Lipinski definition) is 2. The van der Waals surface area contributed by atoms with Crippen LogP contribution in [0.15, 0.2) is 24.3 Å². The highest BCUT2D eigenvalue weighted by atomic mass is 32.2. The van der Waals surface area contributed by atoms with Gasteiger partial charge < -0.3 is 10.1 Å². The van der Waals surface area contributed by atoms with E-state index in [4.69, 9.17) is 4.74 Å². The zero-order valence-electron chi connectivity index (χ0n) is 15.2. The summed E-state index contributed by atoms with van der Waals surface area (Å²) in [6.45, 7) is 3.05. The molecule has 3 atom stereocenters. The predicted molar refractivity (Wildman–Crippen MR) is 100 cm³/mol. The Morgan fingerprint density at radius 1 is 1.19 bits per heavy atom. The molecule has 1 aromatic carbocycles. The van der Waals surface area contributed by atoms with Crippen molar-refractivity contribution in [1.29, 1.82) is 0 Å². The van der Waals surface area contributed by atoms with Gasteiger partial charge in [-0.15, -0.1) is 0 Å². The quantitative estimate of drug-likeness (QED) is 0.560. The van der Waals surface area contributed by atoms with Crippen LogP contribution in [0.25, 0.3) is 0 Å². The molecule has 1 aliphatic heterocycles. The van der Waals surface area contributed by atoms with Crippen molar-refractivity contribution in [2.45, 2.75) is 56.9 Å². The van der Waals surface area contributed by atoms with E-state index < -0.39 is 10.0 Å². The molecule has 2 aliphatic rings. The minimum atomic E-state index is -3.17. The molecule has 144 valence electrons. The van der Waals surface area contributed by atoms with E-state index in [1.54, 1.807) is 12.1 Å². The molecule has 0 aromatic heterocycles. The number of esters is 1. The lowest BCUT2D eigenvalue weighted by Crippen LogP contribution is -2.43. The minimum Gasteiger partial charge on any atom is -0.462 e. The average molecular weight is 381 g/mol. The molecule has 0 amide bonds. The molecule has 2 N–H and O–H groups in total. The molecule has 1 saturated carbocycles. The van der Waals surface area contributed by atoms with Crippen molar-refractivity contribution in [3.8, 4) is 0 Å². The molecule has 3 unspecified atom stereocenters. The number of unbranched alkanes of at least 4 members (excludes halogenated alkanes) is 1. The number of carbonyl (C=O) groups is 1. The van der Waals surface area contributed by atoms with E-state index >= 15 is 0 Å². The van der Waals surface area contributed by atoms with E-state index in [-0.39, 0.29) is 23.3 Å². The molecule has 1 aromatic rings. The summed E-state index contributed by atoms with van der Waals surface area (Å²) >= 11 is 0. The van der Waals surface area contributed by atoms with E-state index in [2.05, 4.69) is 10.0 Å². The van der Waals surface area contributed by atoms with E-state index in [1.165, 1.54) is 0 Å². The van der Waals surface area contributed by atoms with E-state index in [0.717, 1.165) is 44.1 Å². The molecule has 1 aliphatic carbocycles. The lowest BCUT2D eigenvalue weighted by Gasteiger charge is -2.26. The number of sulfonamides is 1. The van der Waals surface area contributed by atoms with Crippen molar-refractivity contribution in [2.24, 2.45) is 5.92 Å². The van der Waals surface area contributed by atoms with E-state index in [9.17, 15) is 13.2 Å². The highest BCUT2D eigenvalue weighted by Crippen LogP contribution is 2.35. The summed E-state index contributed by atoms with van der Waals surface area (Å²) < 4.78 is 32.4. The Balaban J connectivity index is 1.34. The molecule has 3 rings (SSSR count). The van der Waals surface area contributed by atoms with Gasteiger partial charge in [0.2, 0.25) is 10.0 Å². The number of aryl methyl sites for hydroxylation is 1. The first kappa shape index (κ1) is 19.3. The second kappa shape index (κ2) is 8.50. The Labute approximate surface area is 155 Å². The summed E-state index contributed by atoms with van der Waals surface area (Å²) in [5, 5.41) is 3.10. The summed E-state index contributed by atoms with van der Waals surface area (Å²) in [7, 11) is -3.17. The van der Waals surface area contributed by atoms with Gasteiger partial charge in [0.05, 0.1) is 23.6 Å². The molecule has 0 radical (unpaired) electrons. The van der Waals surface area contributed by atoms with E-state index in [1.807, 2.05) is 19.1 Å². The molecule has 0 spiro atoms. The number of fused-ring (bicyclic) bond motifs is 1. The van der Waals surface area contributed by atoms with Crippen LogP contribution >= 0.6 is 0 Å². The van der Waals surface area contributed by atoms with Crippen molar-refractivity contribution in [3.63, 3.8) is 0 Å². The van der Waals surface area contributed by atoms with Gasteiger partial charge in [-0.3, -0.25) is 0 Å². The van der Waals surface area contributed by atoms with Gasteiger partial charge in [0, 0.05) is 5.92 Å². The van der Waals surface area contributed by atoms with Gasteiger partial charge in [-0.1, -0.05) is 30.5 Å². The van der Waals surface area contributed by atoms with Gasteiger partial charge in [-0.2, -0.15) is 4.72 Å². The first-order valence-electron chi connectivity index (χ1n) is 9.46. The van der Waals surface area contributed by atoms with Crippen LogP contribution in [0, 0.1) is 12.8 Å². The normalized spacial score (nSPS) is 27.0. The maximum absolute atomic E-state index is 12.2. The first-order chi connectivity index (χ1) is 12.5. The zero-order valence-corrected chi connectivity index (χ0v) is 16.1. The summed E-state index contributed by atoms with van der Waals surface area (Å²) in [5.74, 6) is -0.125. The molecule has 2 fully saturated rings. The molecule has 7 heteroatoms. The lowest BCUT2D eigenvalue weighted by molar-refractivity contribution is 0.0498. The van der Waals surface area contributed by atoms with Crippen molar-refractivity contribution in [3.05, 3.63) is 35.4 Å². The fourth-order valence-electron chi connectivity index (χ4n) is 3.86. The molecule has 26 heavy (non-hydrogen) atoms. The van der Waals surface area contributed by atoms with Crippen molar-refractivity contribution < 1.29 is 17.9 Å². The second-order valence-electron chi connectivity index (χ2n) is 7.29. The highest BCUT2D eigenvalue weighted by Gasteiger charge is 2.47. The van der Waals surface area contributed by atoms with Gasteiger partial charge >= 0.3 is 5.97 Å². The standard InChI is InChI=1S/C19H28N2O4S/c1-14-8-10-15(11-9-14)19(22)25-13-5-4-12-20-18-16-6-2-3-7-17(16)26(23,24)21-18/h8-11,16-18,20-21H,2-7,12-13H2,1H3. The van der Waals surface area contributed by atoms with Crippen LogP contribution in [-0.2, 0) is 14.8 Å². The average Bonchev–Trinajstić information content (AvgIpc) is 2.89. The third-order valence-electron chi connectivity index (χ3n) is 5.33.